The Morgan fingerprint density at radius 3 is 2.29 bits per heavy atom. The minimum absolute atomic E-state index is 0.114. The van der Waals surface area contributed by atoms with E-state index in [0.29, 0.717) is 17.7 Å². The van der Waals surface area contributed by atoms with Crippen molar-refractivity contribution in [3.63, 3.8) is 0 Å². The number of carbonyl (C=O) groups excluding carboxylic acids is 2. The molecule has 1 atom stereocenters. The molecule has 0 heterocycles. The number of esters is 2. The quantitative estimate of drug-likeness (QED) is 0.334. The zero-order chi connectivity index (χ0) is 21.3. The molecular formula is C18H16F2O7S. The standard InChI is InChI=1S/C18H16F2O7S/c1-10(2)16(21)27-15-7-6-12-8-14(5-4-13(12)9-15)17(22)26-11(3)18(19,20)28(23,24)25/h4-9,11H,1H2,2-3H3,(H,23,24,25). The second kappa shape index (κ2) is 7.64. The minimum Gasteiger partial charge on any atom is -0.451 e. The van der Waals surface area contributed by atoms with Crippen LogP contribution in [0.5, 0.6) is 5.75 Å². The van der Waals surface area contributed by atoms with Crippen LogP contribution in [0, 0.1) is 0 Å². The molecule has 1 unspecified atom stereocenters. The van der Waals surface area contributed by atoms with E-state index in [2.05, 4.69) is 11.3 Å². The van der Waals surface area contributed by atoms with E-state index in [4.69, 9.17) is 9.29 Å². The normalized spacial score (nSPS) is 13.0. The number of rotatable bonds is 6. The van der Waals surface area contributed by atoms with Crippen molar-refractivity contribution in [3.8, 4) is 5.75 Å². The zero-order valence-corrected chi connectivity index (χ0v) is 15.6. The molecule has 1 N–H and O–H groups in total. The van der Waals surface area contributed by atoms with Crippen LogP contribution in [0.15, 0.2) is 48.6 Å². The van der Waals surface area contributed by atoms with Crippen LogP contribution in [0.2, 0.25) is 0 Å². The third kappa shape index (κ3) is 4.52. The van der Waals surface area contributed by atoms with Gasteiger partial charge in [0.25, 0.3) is 0 Å². The van der Waals surface area contributed by atoms with E-state index < -0.39 is 33.4 Å². The highest BCUT2D eigenvalue weighted by atomic mass is 32.2. The van der Waals surface area contributed by atoms with Gasteiger partial charge in [-0.2, -0.15) is 17.2 Å². The fourth-order valence-corrected chi connectivity index (χ4v) is 2.58. The Balaban J connectivity index is 2.23. The Morgan fingerprint density at radius 2 is 1.71 bits per heavy atom. The first kappa shape index (κ1) is 21.5. The van der Waals surface area contributed by atoms with Crippen LogP contribution in [0.1, 0.15) is 24.2 Å². The lowest BCUT2D eigenvalue weighted by molar-refractivity contribution is -0.130. The van der Waals surface area contributed by atoms with Crippen molar-refractivity contribution < 1.29 is 40.8 Å². The van der Waals surface area contributed by atoms with Gasteiger partial charge in [0.15, 0.2) is 6.10 Å². The fraction of sp³-hybridized carbons (Fsp3) is 0.222. The molecule has 10 heteroatoms. The smallest absolute Gasteiger partial charge is 0.405 e. The summed E-state index contributed by atoms with van der Waals surface area (Å²) in [6.45, 7) is 5.61. The second-order valence-corrected chi connectivity index (χ2v) is 7.47. The van der Waals surface area contributed by atoms with Gasteiger partial charge < -0.3 is 9.47 Å². The summed E-state index contributed by atoms with van der Waals surface area (Å²) in [6, 6.07) is 8.60. The van der Waals surface area contributed by atoms with Crippen molar-refractivity contribution in [1.82, 2.24) is 0 Å². The van der Waals surface area contributed by atoms with Crippen molar-refractivity contribution in [2.24, 2.45) is 0 Å². The van der Waals surface area contributed by atoms with E-state index >= 15 is 0 Å². The van der Waals surface area contributed by atoms with Crippen molar-refractivity contribution in [3.05, 3.63) is 54.1 Å². The molecule has 0 aromatic heterocycles. The van der Waals surface area contributed by atoms with E-state index in [0.717, 1.165) is 0 Å². The number of carbonyl (C=O) groups is 2. The summed E-state index contributed by atoms with van der Waals surface area (Å²) in [5.74, 6) is -1.55. The molecule has 2 aromatic carbocycles. The number of hydrogen-bond acceptors (Lipinski definition) is 6. The molecule has 28 heavy (non-hydrogen) atoms. The largest absolute Gasteiger partial charge is 0.451 e. The molecule has 0 aliphatic carbocycles. The number of fused-ring (bicyclic) bond motifs is 1. The Kier molecular flexibility index (Phi) is 5.86. The molecule has 0 fully saturated rings. The Bertz CT molecular complexity index is 1060. The molecule has 0 radical (unpaired) electrons. The number of hydrogen-bond donors (Lipinski definition) is 1. The van der Waals surface area contributed by atoms with Gasteiger partial charge in [-0.1, -0.05) is 18.7 Å². The minimum atomic E-state index is -5.74. The summed E-state index contributed by atoms with van der Waals surface area (Å²) < 4.78 is 66.5. The number of alkyl halides is 2. The molecule has 0 aliphatic heterocycles. The molecule has 2 rings (SSSR count). The predicted octanol–water partition coefficient (Wildman–Crippen LogP) is 3.35. The maximum absolute atomic E-state index is 13.5. The maximum atomic E-state index is 13.5. The molecule has 0 aliphatic rings. The molecule has 0 amide bonds. The Morgan fingerprint density at radius 1 is 1.14 bits per heavy atom. The molecule has 0 bridgehead atoms. The SMILES string of the molecule is C=C(C)C(=O)Oc1ccc2cc(C(=O)OC(C)C(F)(F)S(=O)(=O)O)ccc2c1. The molecule has 150 valence electrons. The monoisotopic (exact) mass is 414 g/mol. The first-order valence-corrected chi connectivity index (χ1v) is 9.24. The van der Waals surface area contributed by atoms with Gasteiger partial charge in [0, 0.05) is 5.57 Å². The van der Waals surface area contributed by atoms with Gasteiger partial charge in [-0.3, -0.25) is 4.55 Å². The first-order chi connectivity index (χ1) is 12.8. The van der Waals surface area contributed by atoms with E-state index in [9.17, 15) is 26.8 Å². The lowest BCUT2D eigenvalue weighted by atomic mass is 10.1. The summed E-state index contributed by atoms with van der Waals surface area (Å²) >= 11 is 0. The molecular weight excluding hydrogens is 398 g/mol. The van der Waals surface area contributed by atoms with Crippen LogP contribution >= 0.6 is 0 Å². The van der Waals surface area contributed by atoms with Crippen LogP contribution < -0.4 is 4.74 Å². The van der Waals surface area contributed by atoms with Crippen molar-refractivity contribution in [1.29, 1.82) is 0 Å². The summed E-state index contributed by atoms with van der Waals surface area (Å²) in [6.07, 6.45) is -2.41. The van der Waals surface area contributed by atoms with Crippen LogP contribution in [-0.4, -0.2) is 36.3 Å². The molecule has 7 nitrogen and oxygen atoms in total. The highest BCUT2D eigenvalue weighted by molar-refractivity contribution is 7.86. The van der Waals surface area contributed by atoms with Gasteiger partial charge in [-0.05, 0) is 48.9 Å². The van der Waals surface area contributed by atoms with Gasteiger partial charge in [0.2, 0.25) is 0 Å². The zero-order valence-electron chi connectivity index (χ0n) is 14.8. The topological polar surface area (TPSA) is 107 Å². The van der Waals surface area contributed by atoms with Crippen molar-refractivity contribution >= 4 is 32.8 Å². The van der Waals surface area contributed by atoms with Gasteiger partial charge >= 0.3 is 27.3 Å². The van der Waals surface area contributed by atoms with Crippen LogP contribution in [0.4, 0.5) is 8.78 Å². The first-order valence-electron chi connectivity index (χ1n) is 7.80. The molecule has 0 saturated heterocycles. The summed E-state index contributed by atoms with van der Waals surface area (Å²) in [5, 5.41) is -3.56. The predicted molar refractivity (Wildman–Crippen MR) is 95.8 cm³/mol. The maximum Gasteiger partial charge on any atom is 0.405 e. The van der Waals surface area contributed by atoms with Gasteiger partial charge in [0.1, 0.15) is 5.75 Å². The van der Waals surface area contributed by atoms with Crippen molar-refractivity contribution in [2.45, 2.75) is 25.2 Å². The number of benzene rings is 2. The Hall–Kier alpha value is -2.85. The highest BCUT2D eigenvalue weighted by Crippen LogP contribution is 2.28. The van der Waals surface area contributed by atoms with Crippen LogP contribution in [-0.2, 0) is 19.6 Å². The van der Waals surface area contributed by atoms with Crippen LogP contribution in [0.3, 0.4) is 0 Å². The molecule has 0 saturated carbocycles. The second-order valence-electron chi connectivity index (χ2n) is 5.98. The van der Waals surface area contributed by atoms with Crippen LogP contribution in [0.25, 0.3) is 10.8 Å². The van der Waals surface area contributed by atoms with E-state index in [1.54, 1.807) is 0 Å². The Labute approximate surface area is 159 Å². The number of halogens is 2. The van der Waals surface area contributed by atoms with Gasteiger partial charge in [-0.25, -0.2) is 9.59 Å². The highest BCUT2D eigenvalue weighted by Gasteiger charge is 2.52. The summed E-state index contributed by atoms with van der Waals surface area (Å²) in [7, 11) is -5.74. The van der Waals surface area contributed by atoms with E-state index in [1.807, 2.05) is 0 Å². The van der Waals surface area contributed by atoms with Crippen molar-refractivity contribution in [2.75, 3.05) is 0 Å². The molecule has 0 spiro atoms. The van der Waals surface area contributed by atoms with Gasteiger partial charge in [-0.15, -0.1) is 0 Å². The lowest BCUT2D eigenvalue weighted by Gasteiger charge is -2.20. The third-order valence-corrected chi connectivity index (χ3v) is 4.73. The van der Waals surface area contributed by atoms with Gasteiger partial charge in [0.05, 0.1) is 5.56 Å². The van der Waals surface area contributed by atoms with E-state index in [-0.39, 0.29) is 16.9 Å². The average Bonchev–Trinajstić information content (AvgIpc) is 2.59. The number of ether oxygens (including phenoxy) is 2. The third-order valence-electron chi connectivity index (χ3n) is 3.71. The summed E-state index contributed by atoms with van der Waals surface area (Å²) in [5.41, 5.74) is 0.103. The lowest BCUT2D eigenvalue weighted by Crippen LogP contribution is -2.42. The van der Waals surface area contributed by atoms with E-state index in [1.165, 1.54) is 43.3 Å². The summed E-state index contributed by atoms with van der Waals surface area (Å²) in [4.78, 5) is 23.6. The average molecular weight is 414 g/mol. The molecule has 2 aromatic rings. The fourth-order valence-electron chi connectivity index (χ4n) is 2.12.